The Morgan fingerprint density at radius 1 is 1.21 bits per heavy atom. The van der Waals surface area contributed by atoms with Crippen molar-refractivity contribution in [1.82, 2.24) is 14.3 Å². The molecule has 1 heterocycles. The van der Waals surface area contributed by atoms with E-state index in [4.69, 9.17) is 0 Å². The summed E-state index contributed by atoms with van der Waals surface area (Å²) >= 11 is 0. The summed E-state index contributed by atoms with van der Waals surface area (Å²) in [5, 5.41) is 3.39. The van der Waals surface area contributed by atoms with Gasteiger partial charge in [-0.15, -0.1) is 0 Å². The Bertz CT molecular complexity index is 379. The van der Waals surface area contributed by atoms with Crippen molar-refractivity contribution < 1.29 is 8.42 Å². The van der Waals surface area contributed by atoms with Crippen molar-refractivity contribution in [2.24, 2.45) is 5.92 Å². The molecule has 0 amide bonds. The van der Waals surface area contributed by atoms with E-state index >= 15 is 0 Å². The Hall–Kier alpha value is -0.170. The molecule has 0 bridgehead atoms. The highest BCUT2D eigenvalue weighted by Gasteiger charge is 2.35. The van der Waals surface area contributed by atoms with Gasteiger partial charge >= 0.3 is 0 Å². The summed E-state index contributed by atoms with van der Waals surface area (Å²) in [5.41, 5.74) is 0. The van der Waals surface area contributed by atoms with Gasteiger partial charge in [-0.25, -0.2) is 0 Å². The molecular weight excluding hydrogens is 262 g/mol. The van der Waals surface area contributed by atoms with E-state index in [9.17, 15) is 8.42 Å². The summed E-state index contributed by atoms with van der Waals surface area (Å²) in [6.45, 7) is 6.70. The fourth-order valence-corrected chi connectivity index (χ4v) is 4.25. The van der Waals surface area contributed by atoms with Crippen LogP contribution in [0.15, 0.2) is 0 Å². The van der Waals surface area contributed by atoms with Crippen molar-refractivity contribution in [2.45, 2.75) is 58.0 Å². The Morgan fingerprint density at radius 3 is 2.58 bits per heavy atom. The van der Waals surface area contributed by atoms with E-state index in [0.717, 1.165) is 45.2 Å². The van der Waals surface area contributed by atoms with Crippen LogP contribution in [0.1, 0.15) is 46.0 Å². The molecule has 2 rings (SSSR count). The van der Waals surface area contributed by atoms with Gasteiger partial charge in [-0.05, 0) is 38.1 Å². The lowest BCUT2D eigenvalue weighted by molar-refractivity contribution is 0.241. The lowest BCUT2D eigenvalue weighted by Crippen LogP contribution is -2.53. The molecule has 0 aromatic rings. The first-order valence-electron chi connectivity index (χ1n) is 7.49. The van der Waals surface area contributed by atoms with E-state index in [1.165, 1.54) is 0 Å². The van der Waals surface area contributed by atoms with Crippen molar-refractivity contribution in [2.75, 3.05) is 19.6 Å². The Balaban J connectivity index is 1.90. The van der Waals surface area contributed by atoms with Crippen LogP contribution >= 0.6 is 0 Å². The van der Waals surface area contributed by atoms with Gasteiger partial charge in [0.05, 0.1) is 0 Å². The van der Waals surface area contributed by atoms with Crippen molar-refractivity contribution >= 4 is 10.2 Å². The van der Waals surface area contributed by atoms with E-state index < -0.39 is 10.2 Å². The van der Waals surface area contributed by atoms with Gasteiger partial charge in [0.25, 0.3) is 10.2 Å². The van der Waals surface area contributed by atoms with E-state index in [2.05, 4.69) is 23.9 Å². The van der Waals surface area contributed by atoms with Gasteiger partial charge in [0.1, 0.15) is 0 Å². The summed E-state index contributed by atoms with van der Waals surface area (Å²) in [7, 11) is -3.28. The summed E-state index contributed by atoms with van der Waals surface area (Å²) in [6.07, 6.45) is 5.05. The first kappa shape index (κ1) is 15.2. The van der Waals surface area contributed by atoms with Gasteiger partial charge < -0.3 is 5.32 Å². The molecule has 1 saturated heterocycles. The smallest absolute Gasteiger partial charge is 0.279 e. The molecule has 1 aliphatic heterocycles. The average Bonchev–Trinajstić information content (AvgIpc) is 3.12. The van der Waals surface area contributed by atoms with E-state index in [-0.39, 0.29) is 12.1 Å². The minimum Gasteiger partial charge on any atom is -0.315 e. The van der Waals surface area contributed by atoms with E-state index in [1.807, 2.05) is 0 Å². The molecule has 0 radical (unpaired) electrons. The van der Waals surface area contributed by atoms with Gasteiger partial charge in [0.2, 0.25) is 0 Å². The van der Waals surface area contributed by atoms with Gasteiger partial charge in [0, 0.05) is 25.2 Å². The second-order valence-electron chi connectivity index (χ2n) is 6.21. The number of nitrogens with one attached hydrogen (secondary N) is 2. The largest absolute Gasteiger partial charge is 0.315 e. The van der Waals surface area contributed by atoms with Crippen LogP contribution in [-0.2, 0) is 10.2 Å². The highest BCUT2D eigenvalue weighted by Crippen LogP contribution is 2.24. The zero-order valence-electron chi connectivity index (χ0n) is 12.1. The first-order chi connectivity index (χ1) is 8.99. The molecule has 1 saturated carbocycles. The number of rotatable bonds is 7. The Labute approximate surface area is 117 Å². The molecule has 2 fully saturated rings. The minimum atomic E-state index is -3.28. The van der Waals surface area contributed by atoms with Gasteiger partial charge in [-0.1, -0.05) is 20.3 Å². The highest BCUT2D eigenvalue weighted by molar-refractivity contribution is 7.87. The summed E-state index contributed by atoms with van der Waals surface area (Å²) in [4.78, 5) is 0. The van der Waals surface area contributed by atoms with Crippen molar-refractivity contribution in [3.8, 4) is 0 Å². The third-order valence-electron chi connectivity index (χ3n) is 3.71. The zero-order chi connectivity index (χ0) is 13.9. The quantitative estimate of drug-likeness (QED) is 0.737. The van der Waals surface area contributed by atoms with Crippen LogP contribution in [0.2, 0.25) is 0 Å². The fraction of sp³-hybridized carbons (Fsp3) is 1.00. The molecule has 1 atom stereocenters. The third kappa shape index (κ3) is 4.70. The summed E-state index contributed by atoms with van der Waals surface area (Å²) < 4.78 is 29.1. The van der Waals surface area contributed by atoms with E-state index in [0.29, 0.717) is 12.5 Å². The van der Waals surface area contributed by atoms with Crippen molar-refractivity contribution in [3.05, 3.63) is 0 Å². The predicted octanol–water partition coefficient (Wildman–Crippen LogP) is 1.08. The van der Waals surface area contributed by atoms with Gasteiger partial charge in [-0.3, -0.25) is 0 Å². The van der Waals surface area contributed by atoms with E-state index in [1.54, 1.807) is 4.31 Å². The maximum Gasteiger partial charge on any atom is 0.279 e. The zero-order valence-corrected chi connectivity index (χ0v) is 12.9. The predicted molar refractivity (Wildman–Crippen MR) is 77.1 cm³/mol. The maximum atomic E-state index is 12.3. The molecule has 2 aliphatic rings. The number of hydrogen-bond acceptors (Lipinski definition) is 3. The molecule has 19 heavy (non-hydrogen) atoms. The number of hydrogen-bond donors (Lipinski definition) is 2. The molecular formula is C13H27N3O2S. The van der Waals surface area contributed by atoms with Crippen LogP contribution < -0.4 is 10.0 Å². The number of piperidine rings is 1. The standard InChI is InChI=1S/C13H27N3O2S/c1-11(2)9-14-10-13-5-3-4-8-16(13)19(17,18)15-12-6-7-12/h11-15H,3-10H2,1-2H3. The fourth-order valence-electron chi connectivity index (χ4n) is 2.51. The Morgan fingerprint density at radius 2 is 1.95 bits per heavy atom. The molecule has 0 spiro atoms. The normalized spacial score (nSPS) is 25.9. The maximum absolute atomic E-state index is 12.3. The molecule has 1 unspecified atom stereocenters. The topological polar surface area (TPSA) is 61.4 Å². The van der Waals surface area contributed by atoms with Crippen LogP contribution in [0.3, 0.4) is 0 Å². The van der Waals surface area contributed by atoms with Crippen LogP contribution in [-0.4, -0.2) is 44.4 Å². The summed E-state index contributed by atoms with van der Waals surface area (Å²) in [6, 6.07) is 0.306. The van der Waals surface area contributed by atoms with Crippen LogP contribution in [0.25, 0.3) is 0 Å². The highest BCUT2D eigenvalue weighted by atomic mass is 32.2. The van der Waals surface area contributed by atoms with Crippen LogP contribution in [0.4, 0.5) is 0 Å². The number of nitrogens with zero attached hydrogens (tertiary/aromatic N) is 1. The van der Waals surface area contributed by atoms with Gasteiger partial charge in [-0.2, -0.15) is 17.4 Å². The molecule has 0 aromatic carbocycles. The lowest BCUT2D eigenvalue weighted by atomic mass is 10.0. The van der Waals surface area contributed by atoms with Crippen LogP contribution in [0.5, 0.6) is 0 Å². The van der Waals surface area contributed by atoms with Crippen LogP contribution in [0, 0.1) is 5.92 Å². The van der Waals surface area contributed by atoms with Gasteiger partial charge in [0.15, 0.2) is 0 Å². The third-order valence-corrected chi connectivity index (χ3v) is 5.44. The van der Waals surface area contributed by atoms with Crippen molar-refractivity contribution in [1.29, 1.82) is 0 Å². The molecule has 5 nitrogen and oxygen atoms in total. The molecule has 1 aliphatic carbocycles. The molecule has 0 aromatic heterocycles. The molecule has 6 heteroatoms. The first-order valence-corrected chi connectivity index (χ1v) is 8.93. The second kappa shape index (κ2) is 6.52. The molecule has 2 N–H and O–H groups in total. The monoisotopic (exact) mass is 289 g/mol. The van der Waals surface area contributed by atoms with Crippen molar-refractivity contribution in [3.63, 3.8) is 0 Å². The summed E-state index contributed by atoms with van der Waals surface area (Å²) in [5.74, 6) is 0.596. The SMILES string of the molecule is CC(C)CNCC1CCCCN1S(=O)(=O)NC1CC1. The second-order valence-corrected chi connectivity index (χ2v) is 7.86. The minimum absolute atomic E-state index is 0.115. The average molecular weight is 289 g/mol. The lowest BCUT2D eigenvalue weighted by Gasteiger charge is -2.35. The Kier molecular flexibility index (Phi) is 5.22. The molecule has 112 valence electrons.